The maximum absolute atomic E-state index is 11.7. The molecular formula is C19H29LiO4. The van der Waals surface area contributed by atoms with Gasteiger partial charge in [0.05, 0.1) is 0 Å². The molecule has 0 amide bonds. The summed E-state index contributed by atoms with van der Waals surface area (Å²) in [7, 11) is 0. The topological polar surface area (TPSA) is 74.6 Å². The standard InChI is InChI=1S/C19H28O4.Li.H/c1-2-3-4-5-6-7-8-12-15-19(17(20)21,18(22)23)16-13-10-9-11-14-16;;/h9-11,13-14H,2-8,12,15H2,1H3,(H,20,21)(H,22,23);;. The van der Waals surface area contributed by atoms with Crippen LogP contribution in [0.2, 0.25) is 0 Å². The van der Waals surface area contributed by atoms with Crippen molar-refractivity contribution in [1.82, 2.24) is 0 Å². The number of unbranched alkanes of at least 4 members (excludes halogenated alkanes) is 7. The molecule has 0 saturated heterocycles. The molecular weight excluding hydrogens is 299 g/mol. The first-order chi connectivity index (χ1) is 11.1. The second kappa shape index (κ2) is 12.2. The maximum atomic E-state index is 11.7. The fourth-order valence-corrected chi connectivity index (χ4v) is 2.94. The number of hydrogen-bond donors (Lipinski definition) is 2. The summed E-state index contributed by atoms with van der Waals surface area (Å²) < 4.78 is 0. The van der Waals surface area contributed by atoms with Crippen LogP contribution in [0.25, 0.3) is 0 Å². The quantitative estimate of drug-likeness (QED) is 0.346. The fraction of sp³-hybridized carbons (Fsp3) is 0.579. The molecule has 0 aliphatic carbocycles. The van der Waals surface area contributed by atoms with Crippen LogP contribution in [0.4, 0.5) is 0 Å². The number of benzene rings is 1. The Balaban J connectivity index is 0.00000529. The average Bonchev–Trinajstić information content (AvgIpc) is 2.54. The molecule has 0 unspecified atom stereocenters. The molecule has 1 rings (SSSR count). The summed E-state index contributed by atoms with van der Waals surface area (Å²) in [4.78, 5) is 23.4. The third-order valence-electron chi connectivity index (χ3n) is 4.40. The summed E-state index contributed by atoms with van der Waals surface area (Å²) in [6.45, 7) is 2.18. The predicted octanol–water partition coefficient (Wildman–Crippen LogP) is 3.98. The van der Waals surface area contributed by atoms with E-state index in [1.54, 1.807) is 30.3 Å². The monoisotopic (exact) mass is 328 g/mol. The summed E-state index contributed by atoms with van der Waals surface area (Å²) in [6, 6.07) is 8.31. The van der Waals surface area contributed by atoms with E-state index < -0.39 is 17.4 Å². The fourth-order valence-electron chi connectivity index (χ4n) is 2.94. The van der Waals surface area contributed by atoms with Crippen LogP contribution in [0.5, 0.6) is 0 Å². The molecule has 1 aromatic carbocycles. The van der Waals surface area contributed by atoms with Crippen LogP contribution in [-0.2, 0) is 15.0 Å². The van der Waals surface area contributed by atoms with Crippen LogP contribution in [0, 0.1) is 0 Å². The van der Waals surface area contributed by atoms with Crippen molar-refractivity contribution in [2.45, 2.75) is 70.1 Å². The summed E-state index contributed by atoms with van der Waals surface area (Å²) in [5.74, 6) is -2.56. The van der Waals surface area contributed by atoms with Crippen molar-refractivity contribution in [3.8, 4) is 0 Å². The minimum absolute atomic E-state index is 0. The zero-order valence-corrected chi connectivity index (χ0v) is 14.0. The summed E-state index contributed by atoms with van der Waals surface area (Å²) in [5, 5.41) is 19.1. The predicted molar refractivity (Wildman–Crippen MR) is 97.8 cm³/mol. The second-order valence-corrected chi connectivity index (χ2v) is 6.11. The molecule has 0 aliphatic heterocycles. The van der Waals surface area contributed by atoms with Crippen molar-refractivity contribution in [3.63, 3.8) is 0 Å². The van der Waals surface area contributed by atoms with Gasteiger partial charge in [-0.1, -0.05) is 88.6 Å². The third-order valence-corrected chi connectivity index (χ3v) is 4.40. The van der Waals surface area contributed by atoms with Gasteiger partial charge in [0.25, 0.3) is 0 Å². The normalized spacial score (nSPS) is 10.9. The Hall–Kier alpha value is -1.24. The van der Waals surface area contributed by atoms with E-state index in [9.17, 15) is 19.8 Å². The second-order valence-electron chi connectivity index (χ2n) is 6.11. The van der Waals surface area contributed by atoms with Crippen molar-refractivity contribution in [1.29, 1.82) is 0 Å². The third kappa shape index (κ3) is 6.34. The van der Waals surface area contributed by atoms with Gasteiger partial charge in [0.1, 0.15) is 0 Å². The Bertz CT molecular complexity index is 473. The number of hydrogen-bond acceptors (Lipinski definition) is 2. The molecule has 0 bridgehead atoms. The van der Waals surface area contributed by atoms with Crippen LogP contribution < -0.4 is 0 Å². The van der Waals surface area contributed by atoms with E-state index in [-0.39, 0.29) is 25.3 Å². The summed E-state index contributed by atoms with van der Waals surface area (Å²) >= 11 is 0. The van der Waals surface area contributed by atoms with Gasteiger partial charge in [-0.05, 0) is 12.0 Å². The van der Waals surface area contributed by atoms with Crippen LogP contribution in [0.15, 0.2) is 30.3 Å². The van der Waals surface area contributed by atoms with Gasteiger partial charge in [-0.2, -0.15) is 0 Å². The molecule has 4 nitrogen and oxygen atoms in total. The SMILES string of the molecule is CCCCCCCCCCC(C(=O)O)(C(=O)O)c1ccccc1.[LiH]. The van der Waals surface area contributed by atoms with Crippen molar-refractivity contribution in [2.24, 2.45) is 0 Å². The molecule has 1 aromatic rings. The van der Waals surface area contributed by atoms with Crippen LogP contribution in [0.3, 0.4) is 0 Å². The number of carbonyl (C=O) groups is 2. The van der Waals surface area contributed by atoms with E-state index in [4.69, 9.17) is 0 Å². The van der Waals surface area contributed by atoms with Crippen LogP contribution >= 0.6 is 0 Å². The Labute approximate surface area is 156 Å². The molecule has 0 spiro atoms. The molecule has 130 valence electrons. The van der Waals surface area contributed by atoms with E-state index in [1.807, 2.05) is 0 Å². The minimum atomic E-state index is -1.83. The van der Waals surface area contributed by atoms with Gasteiger partial charge >= 0.3 is 30.8 Å². The van der Waals surface area contributed by atoms with Gasteiger partial charge in [-0.25, -0.2) is 0 Å². The Kier molecular flexibility index (Phi) is 11.5. The Morgan fingerprint density at radius 1 is 0.833 bits per heavy atom. The molecule has 0 heterocycles. The zero-order chi connectivity index (χ0) is 17.1. The number of carboxylic acids is 2. The molecule has 0 radical (unpaired) electrons. The first-order valence-corrected chi connectivity index (χ1v) is 8.58. The van der Waals surface area contributed by atoms with Gasteiger partial charge in [0, 0.05) is 0 Å². The van der Waals surface area contributed by atoms with E-state index >= 15 is 0 Å². The van der Waals surface area contributed by atoms with Gasteiger partial charge in [-0.3, -0.25) is 9.59 Å². The van der Waals surface area contributed by atoms with Crippen molar-refractivity contribution >= 4 is 30.8 Å². The van der Waals surface area contributed by atoms with Gasteiger partial charge in [0.2, 0.25) is 0 Å². The first-order valence-electron chi connectivity index (χ1n) is 8.58. The molecule has 0 fully saturated rings. The zero-order valence-electron chi connectivity index (χ0n) is 14.0. The van der Waals surface area contributed by atoms with Gasteiger partial charge < -0.3 is 10.2 Å². The molecule has 5 heteroatoms. The molecule has 0 aliphatic rings. The molecule has 0 atom stereocenters. The summed E-state index contributed by atoms with van der Waals surface area (Å²) in [6.07, 6.45) is 8.72. The van der Waals surface area contributed by atoms with E-state index in [0.29, 0.717) is 12.0 Å². The Morgan fingerprint density at radius 3 is 1.75 bits per heavy atom. The van der Waals surface area contributed by atoms with E-state index in [2.05, 4.69) is 6.92 Å². The summed E-state index contributed by atoms with van der Waals surface area (Å²) in [5.41, 5.74) is -1.48. The average molecular weight is 328 g/mol. The molecule has 24 heavy (non-hydrogen) atoms. The van der Waals surface area contributed by atoms with Gasteiger partial charge in [-0.15, -0.1) is 0 Å². The van der Waals surface area contributed by atoms with Crippen LogP contribution in [0.1, 0.15) is 70.3 Å². The Morgan fingerprint density at radius 2 is 1.29 bits per heavy atom. The molecule has 0 saturated carbocycles. The van der Waals surface area contributed by atoms with E-state index in [0.717, 1.165) is 19.3 Å². The molecule has 2 N–H and O–H groups in total. The van der Waals surface area contributed by atoms with E-state index in [1.165, 1.54) is 25.7 Å². The van der Waals surface area contributed by atoms with Crippen molar-refractivity contribution in [2.75, 3.05) is 0 Å². The number of aliphatic carboxylic acids is 2. The number of carboxylic acid groups (broad SMARTS) is 2. The number of rotatable bonds is 12. The first kappa shape index (κ1) is 22.8. The van der Waals surface area contributed by atoms with Crippen molar-refractivity contribution in [3.05, 3.63) is 35.9 Å². The molecule has 0 aromatic heterocycles. The van der Waals surface area contributed by atoms with Crippen LogP contribution in [-0.4, -0.2) is 41.0 Å². The van der Waals surface area contributed by atoms with Crippen molar-refractivity contribution < 1.29 is 19.8 Å². The van der Waals surface area contributed by atoms with Gasteiger partial charge in [0.15, 0.2) is 5.41 Å².